The van der Waals surface area contributed by atoms with Crippen LogP contribution < -0.4 is 4.74 Å². The topological polar surface area (TPSA) is 70.0 Å². The van der Waals surface area contributed by atoms with Gasteiger partial charge in [0, 0.05) is 12.5 Å². The lowest BCUT2D eigenvalue weighted by atomic mass is 9.71. The number of ether oxygens (including phenoxy) is 1. The molecule has 5 heteroatoms. The third kappa shape index (κ3) is 4.49. The highest BCUT2D eigenvalue weighted by molar-refractivity contribution is 5.91. The minimum atomic E-state index is -0.913. The van der Waals surface area contributed by atoms with Gasteiger partial charge in [0.05, 0.1) is 11.2 Å². The lowest BCUT2D eigenvalue weighted by Gasteiger charge is -2.41. The van der Waals surface area contributed by atoms with Crippen LogP contribution in [0.3, 0.4) is 0 Å². The Labute approximate surface area is 160 Å². The molecule has 0 spiro atoms. The van der Waals surface area contributed by atoms with Gasteiger partial charge in [-0.15, -0.1) is 0 Å². The molecule has 1 saturated carbocycles. The quantitative estimate of drug-likeness (QED) is 0.623. The number of carbonyl (C=O) groups is 1. The summed E-state index contributed by atoms with van der Waals surface area (Å²) in [5.41, 5.74) is 0.244. The molecule has 3 rings (SSSR count). The number of benzene rings is 2. The molecule has 2 N–H and O–H groups in total. The molecular formula is C22H27NO4. The van der Waals surface area contributed by atoms with Crippen molar-refractivity contribution >= 4 is 5.97 Å². The van der Waals surface area contributed by atoms with Gasteiger partial charge >= 0.3 is 5.97 Å². The first kappa shape index (κ1) is 19.4. The summed E-state index contributed by atoms with van der Waals surface area (Å²) in [5.74, 6) is 0.158. The van der Waals surface area contributed by atoms with Crippen LogP contribution in [0.25, 0.3) is 0 Å². The van der Waals surface area contributed by atoms with E-state index >= 15 is 0 Å². The molecule has 144 valence electrons. The van der Waals surface area contributed by atoms with E-state index in [0.717, 1.165) is 31.4 Å². The van der Waals surface area contributed by atoms with Crippen molar-refractivity contribution in [2.45, 2.75) is 31.3 Å². The number of aliphatic hydroxyl groups is 1. The second kappa shape index (κ2) is 8.11. The first-order valence-electron chi connectivity index (χ1n) is 9.37. The average Bonchev–Trinajstić information content (AvgIpc) is 2.64. The van der Waals surface area contributed by atoms with E-state index in [1.54, 1.807) is 12.1 Å². The number of hydrogen-bond acceptors (Lipinski definition) is 5. The smallest absolute Gasteiger partial charge is 0.343 e. The third-order valence-electron chi connectivity index (χ3n) is 5.27. The predicted molar refractivity (Wildman–Crippen MR) is 104 cm³/mol. The van der Waals surface area contributed by atoms with Gasteiger partial charge in [0.1, 0.15) is 11.5 Å². The molecule has 0 amide bonds. The maximum Gasteiger partial charge on any atom is 0.343 e. The number of esters is 1. The van der Waals surface area contributed by atoms with Gasteiger partial charge in [-0.25, -0.2) is 4.79 Å². The van der Waals surface area contributed by atoms with Gasteiger partial charge in [0.15, 0.2) is 0 Å². The SMILES string of the molecule is CN(C)CC1CCCCC1(O)c1cccc(OC(=O)c2ccc(O)cc2)c1. The summed E-state index contributed by atoms with van der Waals surface area (Å²) in [6, 6.07) is 13.1. The Morgan fingerprint density at radius 1 is 1.19 bits per heavy atom. The predicted octanol–water partition coefficient (Wildman–Crippen LogP) is 3.55. The molecule has 2 aromatic carbocycles. The summed E-state index contributed by atoms with van der Waals surface area (Å²) in [6.45, 7) is 0.814. The first-order valence-corrected chi connectivity index (χ1v) is 9.37. The Kier molecular flexibility index (Phi) is 5.82. The molecule has 1 fully saturated rings. The van der Waals surface area contributed by atoms with Crippen molar-refractivity contribution in [2.75, 3.05) is 20.6 Å². The zero-order chi connectivity index (χ0) is 19.4. The molecule has 0 aromatic heterocycles. The molecule has 27 heavy (non-hydrogen) atoms. The molecule has 0 saturated heterocycles. The van der Waals surface area contributed by atoms with Crippen molar-refractivity contribution in [3.8, 4) is 11.5 Å². The number of phenolic OH excluding ortho intramolecular Hbond substituents is 1. The zero-order valence-corrected chi connectivity index (χ0v) is 15.9. The van der Waals surface area contributed by atoms with Crippen LogP contribution in [0.15, 0.2) is 48.5 Å². The van der Waals surface area contributed by atoms with Crippen LogP contribution in [0.1, 0.15) is 41.6 Å². The Bertz CT molecular complexity index is 787. The third-order valence-corrected chi connectivity index (χ3v) is 5.27. The fourth-order valence-corrected chi connectivity index (χ4v) is 3.88. The van der Waals surface area contributed by atoms with Crippen molar-refractivity contribution in [3.05, 3.63) is 59.7 Å². The number of carbonyl (C=O) groups excluding carboxylic acids is 1. The van der Waals surface area contributed by atoms with Crippen molar-refractivity contribution in [1.82, 2.24) is 4.90 Å². The Hall–Kier alpha value is -2.37. The fraction of sp³-hybridized carbons (Fsp3) is 0.409. The highest BCUT2D eigenvalue weighted by Crippen LogP contribution is 2.42. The number of hydrogen-bond donors (Lipinski definition) is 2. The Morgan fingerprint density at radius 2 is 1.93 bits per heavy atom. The van der Waals surface area contributed by atoms with Crippen LogP contribution >= 0.6 is 0 Å². The summed E-state index contributed by atoms with van der Waals surface area (Å²) < 4.78 is 5.49. The molecule has 1 aliphatic rings. The Morgan fingerprint density at radius 3 is 2.63 bits per heavy atom. The molecule has 2 atom stereocenters. The van der Waals surface area contributed by atoms with Gasteiger partial charge in [-0.1, -0.05) is 25.0 Å². The summed E-state index contributed by atoms with van der Waals surface area (Å²) in [6.07, 6.45) is 3.79. The maximum absolute atomic E-state index is 12.3. The van der Waals surface area contributed by atoms with Crippen molar-refractivity contribution in [3.63, 3.8) is 0 Å². The number of phenols is 1. The minimum absolute atomic E-state index is 0.0972. The van der Waals surface area contributed by atoms with E-state index in [1.165, 1.54) is 24.3 Å². The highest BCUT2D eigenvalue weighted by Gasteiger charge is 2.40. The number of nitrogens with zero attached hydrogens (tertiary/aromatic N) is 1. The van der Waals surface area contributed by atoms with Crippen LogP contribution in [-0.4, -0.2) is 41.7 Å². The van der Waals surface area contributed by atoms with E-state index in [9.17, 15) is 15.0 Å². The second-order valence-corrected chi connectivity index (χ2v) is 7.59. The number of aromatic hydroxyl groups is 1. The second-order valence-electron chi connectivity index (χ2n) is 7.59. The van der Waals surface area contributed by atoms with E-state index in [-0.39, 0.29) is 11.7 Å². The number of rotatable bonds is 5. The monoisotopic (exact) mass is 369 g/mol. The van der Waals surface area contributed by atoms with E-state index in [2.05, 4.69) is 4.90 Å². The highest BCUT2D eigenvalue weighted by atomic mass is 16.5. The molecule has 0 bridgehead atoms. The Balaban J connectivity index is 1.81. The molecular weight excluding hydrogens is 342 g/mol. The normalized spacial score (nSPS) is 22.6. The summed E-state index contributed by atoms with van der Waals surface area (Å²) in [7, 11) is 4.04. The fourth-order valence-electron chi connectivity index (χ4n) is 3.88. The molecule has 5 nitrogen and oxygen atoms in total. The van der Waals surface area contributed by atoms with Gasteiger partial charge in [-0.05, 0) is 68.9 Å². The van der Waals surface area contributed by atoms with Crippen LogP contribution in [0, 0.1) is 5.92 Å². The molecule has 0 aliphatic heterocycles. The largest absolute Gasteiger partial charge is 0.508 e. The minimum Gasteiger partial charge on any atom is -0.508 e. The molecule has 2 unspecified atom stereocenters. The lowest BCUT2D eigenvalue weighted by Crippen LogP contribution is -2.43. The summed E-state index contributed by atoms with van der Waals surface area (Å²) in [4.78, 5) is 14.4. The van der Waals surface area contributed by atoms with Crippen LogP contribution in [0.5, 0.6) is 11.5 Å². The molecule has 0 radical (unpaired) electrons. The average molecular weight is 369 g/mol. The van der Waals surface area contributed by atoms with Gasteiger partial charge < -0.3 is 19.8 Å². The van der Waals surface area contributed by atoms with Crippen molar-refractivity contribution < 1.29 is 19.7 Å². The van der Waals surface area contributed by atoms with Crippen LogP contribution in [0.4, 0.5) is 0 Å². The van der Waals surface area contributed by atoms with E-state index in [1.807, 2.05) is 26.2 Å². The molecule has 0 heterocycles. The zero-order valence-electron chi connectivity index (χ0n) is 15.9. The molecule has 1 aliphatic carbocycles. The van der Waals surface area contributed by atoms with E-state index in [0.29, 0.717) is 17.7 Å². The van der Waals surface area contributed by atoms with E-state index in [4.69, 9.17) is 4.74 Å². The van der Waals surface area contributed by atoms with Gasteiger partial charge in [-0.3, -0.25) is 0 Å². The molecule has 2 aromatic rings. The van der Waals surface area contributed by atoms with Crippen LogP contribution in [-0.2, 0) is 5.60 Å². The van der Waals surface area contributed by atoms with Crippen LogP contribution in [0.2, 0.25) is 0 Å². The summed E-state index contributed by atoms with van der Waals surface area (Å²) >= 11 is 0. The van der Waals surface area contributed by atoms with Gasteiger partial charge in [0.25, 0.3) is 0 Å². The summed E-state index contributed by atoms with van der Waals surface area (Å²) in [5, 5.41) is 20.8. The van der Waals surface area contributed by atoms with Crippen molar-refractivity contribution in [1.29, 1.82) is 0 Å². The van der Waals surface area contributed by atoms with Crippen molar-refractivity contribution in [2.24, 2.45) is 5.92 Å². The lowest BCUT2D eigenvalue weighted by molar-refractivity contribution is -0.0619. The van der Waals surface area contributed by atoms with Gasteiger partial charge in [-0.2, -0.15) is 0 Å². The standard InChI is InChI=1S/C22H27NO4/c1-23(2)15-18-6-3-4-13-22(18,26)17-7-5-8-20(14-17)27-21(25)16-9-11-19(24)12-10-16/h5,7-12,14,18,24,26H,3-4,6,13,15H2,1-2H3. The maximum atomic E-state index is 12.3. The van der Waals surface area contributed by atoms with E-state index < -0.39 is 11.6 Å². The van der Waals surface area contributed by atoms with Gasteiger partial charge in [0.2, 0.25) is 0 Å². The first-order chi connectivity index (χ1) is 12.9.